The number of nitrogens with zero attached hydrogens (tertiary/aromatic N) is 1. The van der Waals surface area contributed by atoms with E-state index in [4.69, 9.17) is 4.74 Å². The van der Waals surface area contributed by atoms with Gasteiger partial charge in [0.25, 0.3) is 5.91 Å². The lowest BCUT2D eigenvalue weighted by molar-refractivity contribution is -0.155. The molecule has 0 radical (unpaired) electrons. The summed E-state index contributed by atoms with van der Waals surface area (Å²) in [4.78, 5) is 26.1. The van der Waals surface area contributed by atoms with Gasteiger partial charge in [-0.1, -0.05) is 24.3 Å². The Kier molecular flexibility index (Phi) is 5.11. The van der Waals surface area contributed by atoms with Crippen molar-refractivity contribution in [2.75, 3.05) is 6.54 Å². The van der Waals surface area contributed by atoms with E-state index in [9.17, 15) is 9.59 Å². The summed E-state index contributed by atoms with van der Waals surface area (Å²) in [6.07, 6.45) is 3.10. The van der Waals surface area contributed by atoms with Crippen molar-refractivity contribution >= 4 is 29.3 Å². The molecule has 0 fully saturated rings. The summed E-state index contributed by atoms with van der Waals surface area (Å²) in [7, 11) is 0. The van der Waals surface area contributed by atoms with Gasteiger partial charge in [0.2, 0.25) is 0 Å². The third kappa shape index (κ3) is 3.92. The molecule has 2 heterocycles. The van der Waals surface area contributed by atoms with Gasteiger partial charge in [-0.05, 0) is 52.9 Å². The molecule has 0 saturated carbocycles. The van der Waals surface area contributed by atoms with Crippen LogP contribution in [0, 0.1) is 0 Å². The molecule has 1 aliphatic heterocycles. The summed E-state index contributed by atoms with van der Waals surface area (Å²) in [6, 6.07) is 10.0. The summed E-state index contributed by atoms with van der Waals surface area (Å²) in [5.41, 5.74) is 3.39. The third-order valence-electron chi connectivity index (χ3n) is 4.04. The second kappa shape index (κ2) is 7.45. The SMILES string of the molecule is C[C@@H](OC(=O)/C=C/c1ccsc1)C(=O)N1CCc2ccccc2C1. The monoisotopic (exact) mass is 341 g/mol. The Morgan fingerprint density at radius 2 is 2.04 bits per heavy atom. The number of esters is 1. The Hall–Kier alpha value is -2.40. The van der Waals surface area contributed by atoms with Gasteiger partial charge in [-0.2, -0.15) is 11.3 Å². The van der Waals surface area contributed by atoms with E-state index in [1.165, 1.54) is 11.6 Å². The number of thiophene rings is 1. The molecule has 0 bridgehead atoms. The summed E-state index contributed by atoms with van der Waals surface area (Å²) < 4.78 is 5.24. The normalized spacial score (nSPS) is 15.1. The Morgan fingerprint density at radius 1 is 1.25 bits per heavy atom. The van der Waals surface area contributed by atoms with Gasteiger partial charge in [-0.25, -0.2) is 4.79 Å². The average molecular weight is 341 g/mol. The first-order valence-corrected chi connectivity index (χ1v) is 8.84. The van der Waals surface area contributed by atoms with Crippen molar-refractivity contribution in [3.05, 3.63) is 63.9 Å². The lowest BCUT2D eigenvalue weighted by Gasteiger charge is -2.30. The third-order valence-corrected chi connectivity index (χ3v) is 4.74. The number of hydrogen-bond acceptors (Lipinski definition) is 4. The van der Waals surface area contributed by atoms with Crippen LogP contribution in [0.4, 0.5) is 0 Å². The predicted octanol–water partition coefficient (Wildman–Crippen LogP) is 3.28. The van der Waals surface area contributed by atoms with Gasteiger partial charge in [-0.15, -0.1) is 0 Å². The molecule has 0 unspecified atom stereocenters. The van der Waals surface area contributed by atoms with E-state index < -0.39 is 12.1 Å². The van der Waals surface area contributed by atoms with Crippen molar-refractivity contribution < 1.29 is 14.3 Å². The van der Waals surface area contributed by atoms with E-state index in [-0.39, 0.29) is 5.91 Å². The van der Waals surface area contributed by atoms with E-state index in [1.54, 1.807) is 29.2 Å². The van der Waals surface area contributed by atoms with E-state index in [1.807, 2.05) is 35.0 Å². The molecule has 1 aliphatic rings. The van der Waals surface area contributed by atoms with E-state index in [2.05, 4.69) is 6.07 Å². The highest BCUT2D eigenvalue weighted by Crippen LogP contribution is 2.19. The van der Waals surface area contributed by atoms with Crippen molar-refractivity contribution in [3.63, 3.8) is 0 Å². The van der Waals surface area contributed by atoms with Crippen LogP contribution in [-0.2, 0) is 27.3 Å². The quantitative estimate of drug-likeness (QED) is 0.633. The van der Waals surface area contributed by atoms with E-state index in [0.717, 1.165) is 17.5 Å². The molecule has 0 N–H and O–H groups in total. The molecule has 1 aromatic carbocycles. The van der Waals surface area contributed by atoms with Gasteiger partial charge in [-0.3, -0.25) is 4.79 Å². The second-order valence-electron chi connectivity index (χ2n) is 5.75. The second-order valence-corrected chi connectivity index (χ2v) is 6.53. The summed E-state index contributed by atoms with van der Waals surface area (Å²) >= 11 is 1.56. The maximum atomic E-state index is 12.5. The molecule has 1 aromatic heterocycles. The molecule has 0 spiro atoms. The smallest absolute Gasteiger partial charge is 0.331 e. The van der Waals surface area contributed by atoms with Gasteiger partial charge in [0.1, 0.15) is 0 Å². The highest BCUT2D eigenvalue weighted by atomic mass is 32.1. The lowest BCUT2D eigenvalue weighted by atomic mass is 9.99. The van der Waals surface area contributed by atoms with Crippen LogP contribution < -0.4 is 0 Å². The molecule has 5 heteroatoms. The van der Waals surface area contributed by atoms with Crippen molar-refractivity contribution in [2.24, 2.45) is 0 Å². The van der Waals surface area contributed by atoms with Crippen LogP contribution in [0.5, 0.6) is 0 Å². The number of rotatable bonds is 4. The zero-order valence-corrected chi connectivity index (χ0v) is 14.3. The molecule has 3 rings (SSSR count). The first kappa shape index (κ1) is 16.5. The molecule has 24 heavy (non-hydrogen) atoms. The van der Waals surface area contributed by atoms with Gasteiger partial charge in [0, 0.05) is 19.2 Å². The molecule has 4 nitrogen and oxygen atoms in total. The number of fused-ring (bicyclic) bond motifs is 1. The van der Waals surface area contributed by atoms with Crippen LogP contribution in [0.15, 0.2) is 47.2 Å². The zero-order chi connectivity index (χ0) is 16.9. The zero-order valence-electron chi connectivity index (χ0n) is 13.5. The molecular weight excluding hydrogens is 322 g/mol. The number of ether oxygens (including phenoxy) is 1. The van der Waals surface area contributed by atoms with Crippen molar-refractivity contribution in [1.82, 2.24) is 4.90 Å². The predicted molar refractivity (Wildman–Crippen MR) is 94.5 cm³/mol. The maximum absolute atomic E-state index is 12.5. The topological polar surface area (TPSA) is 46.6 Å². The van der Waals surface area contributed by atoms with Crippen LogP contribution in [0.3, 0.4) is 0 Å². The minimum Gasteiger partial charge on any atom is -0.449 e. The first-order valence-electron chi connectivity index (χ1n) is 7.90. The molecular formula is C19H19NO3S. The van der Waals surface area contributed by atoms with E-state index in [0.29, 0.717) is 13.1 Å². The standard InChI is InChI=1S/C19H19NO3S/c1-14(23-18(21)7-6-15-9-11-24-13-15)19(22)20-10-8-16-4-2-3-5-17(16)12-20/h2-7,9,11,13-14H,8,10,12H2,1H3/b7-6+/t14-/m1/s1. The molecule has 1 amide bonds. The molecule has 0 saturated heterocycles. The van der Waals surface area contributed by atoms with E-state index >= 15 is 0 Å². The van der Waals surface area contributed by atoms with Gasteiger partial charge in [0.15, 0.2) is 6.10 Å². The fourth-order valence-corrected chi connectivity index (χ4v) is 3.37. The van der Waals surface area contributed by atoms with Crippen LogP contribution in [0.25, 0.3) is 6.08 Å². The van der Waals surface area contributed by atoms with Crippen molar-refractivity contribution in [3.8, 4) is 0 Å². The molecule has 1 atom stereocenters. The highest BCUT2D eigenvalue weighted by molar-refractivity contribution is 7.08. The van der Waals surface area contributed by atoms with Gasteiger partial charge < -0.3 is 9.64 Å². The largest absolute Gasteiger partial charge is 0.449 e. The molecule has 124 valence electrons. The average Bonchev–Trinajstić information content (AvgIpc) is 3.12. The fraction of sp³-hybridized carbons (Fsp3) is 0.263. The Bertz CT molecular complexity index is 752. The minimum atomic E-state index is -0.783. The number of amides is 1. The van der Waals surface area contributed by atoms with Crippen molar-refractivity contribution in [1.29, 1.82) is 0 Å². The van der Waals surface area contributed by atoms with Crippen LogP contribution in [-0.4, -0.2) is 29.4 Å². The number of benzene rings is 1. The summed E-state index contributed by atoms with van der Waals surface area (Å²) in [5.74, 6) is -0.652. The van der Waals surface area contributed by atoms with Gasteiger partial charge in [0.05, 0.1) is 0 Å². The highest BCUT2D eigenvalue weighted by Gasteiger charge is 2.26. The minimum absolute atomic E-state index is 0.151. The van der Waals surface area contributed by atoms with Crippen LogP contribution >= 0.6 is 11.3 Å². The Balaban J connectivity index is 1.56. The fourth-order valence-electron chi connectivity index (χ4n) is 2.74. The number of carbonyl (C=O) groups excluding carboxylic acids is 2. The lowest BCUT2D eigenvalue weighted by Crippen LogP contribution is -2.42. The summed E-state index contributed by atoms with van der Waals surface area (Å²) in [6.45, 7) is 2.85. The van der Waals surface area contributed by atoms with Gasteiger partial charge >= 0.3 is 5.97 Å². The molecule has 2 aromatic rings. The van der Waals surface area contributed by atoms with Crippen molar-refractivity contribution in [2.45, 2.75) is 26.0 Å². The number of carbonyl (C=O) groups is 2. The Morgan fingerprint density at radius 3 is 2.79 bits per heavy atom. The van der Waals surface area contributed by atoms with Crippen LogP contribution in [0.2, 0.25) is 0 Å². The first-order chi connectivity index (χ1) is 11.6. The number of hydrogen-bond donors (Lipinski definition) is 0. The Labute approximate surface area is 145 Å². The summed E-state index contributed by atoms with van der Waals surface area (Å²) in [5, 5.41) is 3.87. The molecule has 0 aliphatic carbocycles. The van der Waals surface area contributed by atoms with Crippen LogP contribution in [0.1, 0.15) is 23.6 Å². The maximum Gasteiger partial charge on any atom is 0.331 e.